The van der Waals surface area contributed by atoms with Gasteiger partial charge in [-0.05, 0) is 93.8 Å². The Morgan fingerprint density at radius 2 is 0.864 bits per heavy atom. The lowest BCUT2D eigenvalue weighted by atomic mass is 9.29. The van der Waals surface area contributed by atoms with Gasteiger partial charge in [0.15, 0.2) is 0 Å². The molecule has 3 aliphatic heterocycles. The van der Waals surface area contributed by atoms with Crippen LogP contribution in [0.15, 0.2) is 225 Å². The van der Waals surface area contributed by atoms with Gasteiger partial charge in [0.2, 0.25) is 6.71 Å². The lowest BCUT2D eigenvalue weighted by Crippen LogP contribution is -2.65. The first-order valence-corrected chi connectivity index (χ1v) is 20.3. The second kappa shape index (κ2) is 13.2. The fraction of sp³-hybridized carbons (Fsp3) is 0.0185. The van der Waals surface area contributed by atoms with E-state index in [4.69, 9.17) is 4.98 Å². The van der Waals surface area contributed by atoms with E-state index in [1.807, 2.05) is 12.4 Å². The molecule has 0 saturated heterocycles. The Morgan fingerprint density at radius 1 is 0.373 bits per heavy atom. The predicted octanol–water partition coefficient (Wildman–Crippen LogP) is 11.3. The van der Waals surface area contributed by atoms with Crippen LogP contribution in [0, 0.1) is 0 Å². The van der Waals surface area contributed by atoms with Gasteiger partial charge < -0.3 is 14.7 Å². The molecule has 0 radical (unpaired) electrons. The van der Waals surface area contributed by atoms with Crippen molar-refractivity contribution < 1.29 is 0 Å². The van der Waals surface area contributed by atoms with E-state index in [2.05, 4.69) is 227 Å². The fourth-order valence-electron chi connectivity index (χ4n) is 10.4. The average molecular weight is 753 g/mol. The van der Waals surface area contributed by atoms with Gasteiger partial charge in [-0.2, -0.15) is 0 Å². The summed E-state index contributed by atoms with van der Waals surface area (Å²) in [5, 5.41) is 0. The molecule has 1 aromatic heterocycles. The third-order valence-electron chi connectivity index (χ3n) is 12.5. The summed E-state index contributed by atoms with van der Waals surface area (Å²) in [4.78, 5) is 12.2. The molecular formula is C54H37BN4. The van der Waals surface area contributed by atoms with Gasteiger partial charge in [0.25, 0.3) is 0 Å². The van der Waals surface area contributed by atoms with Crippen molar-refractivity contribution in [3.63, 3.8) is 0 Å². The van der Waals surface area contributed by atoms with E-state index in [0.29, 0.717) is 0 Å². The molecule has 8 aromatic carbocycles. The lowest BCUT2D eigenvalue weighted by Gasteiger charge is -2.51. The zero-order valence-corrected chi connectivity index (χ0v) is 32.2. The smallest absolute Gasteiger partial charge is 0.247 e. The van der Waals surface area contributed by atoms with Crippen LogP contribution in [0.1, 0.15) is 22.3 Å². The number of fused-ring (bicyclic) bond motifs is 7. The summed E-state index contributed by atoms with van der Waals surface area (Å²) in [5.41, 5.74) is 18.2. The van der Waals surface area contributed by atoms with Crippen molar-refractivity contribution in [2.75, 3.05) is 14.7 Å². The summed E-state index contributed by atoms with van der Waals surface area (Å²) in [6, 6.07) is 78.0. The van der Waals surface area contributed by atoms with Crippen molar-refractivity contribution in [3.8, 4) is 0 Å². The number of pyridine rings is 1. The van der Waals surface area contributed by atoms with Crippen LogP contribution in [0.2, 0.25) is 0 Å². The molecule has 0 atom stereocenters. The molecule has 0 N–H and O–H groups in total. The Balaban J connectivity index is 1.35. The molecule has 12 rings (SSSR count). The number of para-hydroxylation sites is 5. The molecule has 0 fully saturated rings. The number of hydrogen-bond donors (Lipinski definition) is 0. The van der Waals surface area contributed by atoms with E-state index in [9.17, 15) is 0 Å². The maximum Gasteiger partial charge on any atom is 0.247 e. The quantitative estimate of drug-likeness (QED) is 0.163. The first-order chi connectivity index (χ1) is 29.3. The molecule has 276 valence electrons. The Bertz CT molecular complexity index is 2970. The standard InChI is InChI=1S/C54H37BN4/c1-5-20-38(21-6-1)54(39-22-7-2-8-23-39)43-29-13-14-30-45(43)55-46-31-15-16-32-47(46)59(42-28-19-35-56-37-42)53-51(55)44(54)36-50-52(53)58(41-26-11-4-12-27-41)49-34-18-17-33-48(49)57(50)40-24-9-3-10-25-40/h1-37H. The van der Waals surface area contributed by atoms with Crippen molar-refractivity contribution in [2.45, 2.75) is 5.41 Å². The van der Waals surface area contributed by atoms with Crippen LogP contribution in [0.25, 0.3) is 0 Å². The van der Waals surface area contributed by atoms with E-state index in [-0.39, 0.29) is 6.71 Å². The van der Waals surface area contributed by atoms with Gasteiger partial charge in [-0.25, -0.2) is 0 Å². The van der Waals surface area contributed by atoms with Crippen LogP contribution in [-0.2, 0) is 5.41 Å². The Hall–Kier alpha value is -7.63. The largest absolute Gasteiger partial charge is 0.308 e. The molecule has 0 spiro atoms. The van der Waals surface area contributed by atoms with Crippen LogP contribution in [-0.4, -0.2) is 11.7 Å². The minimum Gasteiger partial charge on any atom is -0.308 e. The summed E-state index contributed by atoms with van der Waals surface area (Å²) in [6.45, 7) is -0.0499. The Morgan fingerprint density at radius 3 is 1.49 bits per heavy atom. The normalized spacial score (nSPS) is 14.1. The number of rotatable bonds is 5. The molecule has 0 unspecified atom stereocenters. The van der Waals surface area contributed by atoms with E-state index in [1.165, 1.54) is 38.6 Å². The SMILES string of the molecule is c1ccc(N2c3ccccc3N(c3ccccc3)c3c2cc2c4c3N(c3cccnc3)c3ccccc3B4c3ccccc3C2(c2ccccc2)c2ccccc2)cc1. The van der Waals surface area contributed by atoms with Gasteiger partial charge in [0, 0.05) is 23.3 Å². The summed E-state index contributed by atoms with van der Waals surface area (Å²) in [7, 11) is 0. The number of aromatic nitrogens is 1. The van der Waals surface area contributed by atoms with Gasteiger partial charge in [-0.15, -0.1) is 0 Å². The zero-order chi connectivity index (χ0) is 38.9. The first-order valence-electron chi connectivity index (χ1n) is 20.3. The zero-order valence-electron chi connectivity index (χ0n) is 32.2. The fourth-order valence-corrected chi connectivity index (χ4v) is 10.4. The molecule has 5 heteroatoms. The monoisotopic (exact) mass is 752 g/mol. The maximum absolute atomic E-state index is 4.76. The van der Waals surface area contributed by atoms with E-state index in [1.54, 1.807) is 0 Å². The molecule has 0 amide bonds. The molecule has 0 bridgehead atoms. The number of anilines is 9. The van der Waals surface area contributed by atoms with Crippen LogP contribution >= 0.6 is 0 Å². The Kier molecular flexibility index (Phi) is 7.51. The topological polar surface area (TPSA) is 22.6 Å². The summed E-state index contributed by atoms with van der Waals surface area (Å²) in [6.07, 6.45) is 3.88. The van der Waals surface area contributed by atoms with Crippen molar-refractivity contribution in [3.05, 3.63) is 247 Å². The van der Waals surface area contributed by atoms with E-state index < -0.39 is 5.41 Å². The average Bonchev–Trinajstić information content (AvgIpc) is 3.32. The molecule has 59 heavy (non-hydrogen) atoms. The number of hydrogen-bond acceptors (Lipinski definition) is 4. The van der Waals surface area contributed by atoms with Crippen molar-refractivity contribution >= 4 is 74.3 Å². The number of benzene rings is 8. The van der Waals surface area contributed by atoms with Gasteiger partial charge in [-0.3, -0.25) is 4.98 Å². The molecule has 0 aliphatic carbocycles. The summed E-state index contributed by atoms with van der Waals surface area (Å²) >= 11 is 0. The second-order valence-corrected chi connectivity index (χ2v) is 15.5. The van der Waals surface area contributed by atoms with Crippen molar-refractivity contribution in [1.29, 1.82) is 0 Å². The van der Waals surface area contributed by atoms with Crippen molar-refractivity contribution in [1.82, 2.24) is 4.98 Å². The van der Waals surface area contributed by atoms with Crippen LogP contribution in [0.5, 0.6) is 0 Å². The molecule has 4 nitrogen and oxygen atoms in total. The highest BCUT2D eigenvalue weighted by molar-refractivity contribution is 6.99. The highest BCUT2D eigenvalue weighted by Crippen LogP contribution is 2.61. The van der Waals surface area contributed by atoms with Crippen LogP contribution < -0.4 is 31.1 Å². The van der Waals surface area contributed by atoms with Gasteiger partial charge >= 0.3 is 0 Å². The molecule has 4 heterocycles. The summed E-state index contributed by atoms with van der Waals surface area (Å²) < 4.78 is 0. The molecule has 9 aromatic rings. The minimum absolute atomic E-state index is 0.0499. The first kappa shape index (κ1) is 33.5. The third-order valence-corrected chi connectivity index (χ3v) is 12.5. The molecule has 0 saturated carbocycles. The number of nitrogens with zero attached hydrogens (tertiary/aromatic N) is 4. The van der Waals surface area contributed by atoms with Gasteiger partial charge in [-0.1, -0.05) is 157 Å². The third kappa shape index (κ3) is 4.76. The lowest BCUT2D eigenvalue weighted by molar-refractivity contribution is 0.750. The predicted molar refractivity (Wildman–Crippen MR) is 245 cm³/mol. The van der Waals surface area contributed by atoms with Gasteiger partial charge in [0.1, 0.15) is 0 Å². The highest BCUT2D eigenvalue weighted by Gasteiger charge is 2.53. The van der Waals surface area contributed by atoms with E-state index >= 15 is 0 Å². The summed E-state index contributed by atoms with van der Waals surface area (Å²) in [5.74, 6) is 0. The molecule has 3 aliphatic rings. The second-order valence-electron chi connectivity index (χ2n) is 15.5. The van der Waals surface area contributed by atoms with Crippen molar-refractivity contribution in [2.24, 2.45) is 0 Å². The highest BCUT2D eigenvalue weighted by atomic mass is 15.3. The van der Waals surface area contributed by atoms with Crippen LogP contribution in [0.3, 0.4) is 0 Å². The van der Waals surface area contributed by atoms with Crippen LogP contribution in [0.4, 0.5) is 51.2 Å². The van der Waals surface area contributed by atoms with E-state index in [0.717, 1.165) is 51.2 Å². The molecular weight excluding hydrogens is 715 g/mol. The maximum atomic E-state index is 4.76. The Labute approximate surface area is 345 Å². The minimum atomic E-state index is -0.668. The van der Waals surface area contributed by atoms with Gasteiger partial charge in [0.05, 0.1) is 45.7 Å².